The lowest BCUT2D eigenvalue weighted by molar-refractivity contribution is 0.0702. The van der Waals surface area contributed by atoms with E-state index in [1.807, 2.05) is 6.07 Å². The van der Waals surface area contributed by atoms with E-state index >= 15 is 0 Å². The van der Waals surface area contributed by atoms with Crippen LogP contribution in [0, 0.1) is 5.92 Å². The van der Waals surface area contributed by atoms with Crippen LogP contribution in [0.5, 0.6) is 0 Å². The predicted octanol–water partition coefficient (Wildman–Crippen LogP) is 2.79. The highest BCUT2D eigenvalue weighted by Gasteiger charge is 2.20. The number of hydrogen-bond acceptors (Lipinski definition) is 2. The van der Waals surface area contributed by atoms with Crippen LogP contribution in [0.1, 0.15) is 33.8 Å². The molecule has 1 aliphatic rings. The third-order valence-corrected chi connectivity index (χ3v) is 3.50. The number of aromatic carboxylic acids is 1. The number of hydrogen-bond donors (Lipinski definition) is 1. The fraction of sp³-hybridized carbons (Fsp3) is 0.500. The summed E-state index contributed by atoms with van der Waals surface area (Å²) >= 11 is 1.41. The Hall–Kier alpha value is -0.830. The second kappa shape index (κ2) is 3.50. The average Bonchev–Trinajstić information content (AvgIpc) is 2.79. The van der Waals surface area contributed by atoms with Gasteiger partial charge in [-0.2, -0.15) is 0 Å². The van der Waals surface area contributed by atoms with Crippen LogP contribution in [0.2, 0.25) is 0 Å². The Balaban J connectivity index is 1.92. The molecule has 3 heteroatoms. The Morgan fingerprint density at radius 3 is 2.85 bits per heavy atom. The van der Waals surface area contributed by atoms with E-state index in [0.29, 0.717) is 4.88 Å². The summed E-state index contributed by atoms with van der Waals surface area (Å²) in [5.41, 5.74) is 0. The highest BCUT2D eigenvalue weighted by atomic mass is 32.1. The Bertz CT molecular complexity index is 312. The van der Waals surface area contributed by atoms with Gasteiger partial charge in [-0.05, 0) is 30.9 Å². The fourth-order valence-electron chi connectivity index (χ4n) is 1.38. The van der Waals surface area contributed by atoms with Gasteiger partial charge in [0.05, 0.1) is 0 Å². The van der Waals surface area contributed by atoms with Crippen LogP contribution >= 0.6 is 11.3 Å². The van der Waals surface area contributed by atoms with Gasteiger partial charge in [0.25, 0.3) is 0 Å². The summed E-state index contributed by atoms with van der Waals surface area (Å²) in [4.78, 5) is 12.3. The van der Waals surface area contributed by atoms with Gasteiger partial charge < -0.3 is 5.11 Å². The molecule has 0 aromatic carbocycles. The molecule has 0 radical (unpaired) electrons. The Morgan fingerprint density at radius 2 is 2.31 bits per heavy atom. The summed E-state index contributed by atoms with van der Waals surface area (Å²) < 4.78 is 0. The molecule has 0 bridgehead atoms. The zero-order valence-corrected chi connectivity index (χ0v) is 8.14. The van der Waals surface area contributed by atoms with E-state index in [1.54, 1.807) is 6.07 Å². The first-order chi connectivity index (χ1) is 6.25. The van der Waals surface area contributed by atoms with Gasteiger partial charge in [-0.15, -0.1) is 11.3 Å². The van der Waals surface area contributed by atoms with Gasteiger partial charge in [-0.1, -0.05) is 12.8 Å². The molecular weight excluding hydrogens is 184 g/mol. The van der Waals surface area contributed by atoms with E-state index in [1.165, 1.54) is 35.5 Å². The van der Waals surface area contributed by atoms with Crippen LogP contribution in [-0.4, -0.2) is 11.1 Å². The fourth-order valence-corrected chi connectivity index (χ4v) is 2.24. The van der Waals surface area contributed by atoms with Crippen LogP contribution < -0.4 is 0 Å². The molecule has 1 aromatic rings. The summed E-state index contributed by atoms with van der Waals surface area (Å²) in [7, 11) is 0. The number of thiophene rings is 1. The van der Waals surface area contributed by atoms with Gasteiger partial charge in [0, 0.05) is 4.88 Å². The zero-order valence-electron chi connectivity index (χ0n) is 7.32. The first-order valence-electron chi connectivity index (χ1n) is 4.57. The molecule has 2 nitrogen and oxygen atoms in total. The standard InChI is InChI=1S/C10H12O2S/c11-10(12)9-6-5-8(13-9)4-3-7-1-2-7/h5-7H,1-4H2,(H,11,12). The van der Waals surface area contributed by atoms with Crippen LogP contribution in [0.3, 0.4) is 0 Å². The molecule has 1 aromatic heterocycles. The quantitative estimate of drug-likeness (QED) is 0.804. The molecule has 1 heterocycles. The summed E-state index contributed by atoms with van der Waals surface area (Å²) in [5, 5.41) is 8.70. The van der Waals surface area contributed by atoms with Crippen molar-refractivity contribution in [3.8, 4) is 0 Å². The topological polar surface area (TPSA) is 37.3 Å². The molecular formula is C10H12O2S. The average molecular weight is 196 g/mol. The molecule has 2 rings (SSSR count). The van der Waals surface area contributed by atoms with Crippen molar-refractivity contribution < 1.29 is 9.90 Å². The monoisotopic (exact) mass is 196 g/mol. The van der Waals surface area contributed by atoms with Gasteiger partial charge in [0.1, 0.15) is 4.88 Å². The second-order valence-corrected chi connectivity index (χ2v) is 4.72. The predicted molar refractivity (Wildman–Crippen MR) is 52.3 cm³/mol. The summed E-state index contributed by atoms with van der Waals surface area (Å²) in [6.45, 7) is 0. The van der Waals surface area contributed by atoms with E-state index in [2.05, 4.69) is 0 Å². The van der Waals surface area contributed by atoms with Crippen molar-refractivity contribution in [1.29, 1.82) is 0 Å². The van der Waals surface area contributed by atoms with Crippen LogP contribution in [-0.2, 0) is 6.42 Å². The van der Waals surface area contributed by atoms with E-state index in [-0.39, 0.29) is 0 Å². The van der Waals surface area contributed by atoms with Crippen LogP contribution in [0.4, 0.5) is 0 Å². The number of carboxylic acids is 1. The van der Waals surface area contributed by atoms with Crippen molar-refractivity contribution in [3.63, 3.8) is 0 Å². The molecule has 0 aliphatic heterocycles. The number of carboxylic acid groups (broad SMARTS) is 1. The highest BCUT2D eigenvalue weighted by molar-refractivity contribution is 7.13. The minimum Gasteiger partial charge on any atom is -0.477 e. The van der Waals surface area contributed by atoms with Gasteiger partial charge in [0.2, 0.25) is 0 Å². The molecule has 0 unspecified atom stereocenters. The minimum absolute atomic E-state index is 0.464. The second-order valence-electron chi connectivity index (χ2n) is 3.55. The summed E-state index contributed by atoms with van der Waals surface area (Å²) in [6, 6.07) is 3.64. The lowest BCUT2D eigenvalue weighted by atomic mass is 10.2. The third-order valence-electron chi connectivity index (χ3n) is 2.37. The normalized spacial score (nSPS) is 16.0. The van der Waals surface area contributed by atoms with Crippen LogP contribution in [0.15, 0.2) is 12.1 Å². The van der Waals surface area contributed by atoms with Crippen molar-refractivity contribution in [3.05, 3.63) is 21.9 Å². The molecule has 1 aliphatic carbocycles. The lowest BCUT2D eigenvalue weighted by Crippen LogP contribution is -1.89. The first-order valence-corrected chi connectivity index (χ1v) is 5.39. The van der Waals surface area contributed by atoms with E-state index in [0.717, 1.165) is 12.3 Å². The molecule has 0 spiro atoms. The maximum Gasteiger partial charge on any atom is 0.345 e. The summed E-state index contributed by atoms with van der Waals surface area (Å²) in [5.74, 6) is 0.123. The highest BCUT2D eigenvalue weighted by Crippen LogP contribution is 2.34. The molecule has 70 valence electrons. The summed E-state index contributed by atoms with van der Waals surface area (Å²) in [6.07, 6.45) is 5.04. The Labute approximate surface area is 81.2 Å². The first kappa shape index (κ1) is 8.75. The molecule has 1 saturated carbocycles. The molecule has 1 fully saturated rings. The Morgan fingerprint density at radius 1 is 1.54 bits per heavy atom. The lowest BCUT2D eigenvalue weighted by Gasteiger charge is -1.93. The maximum atomic E-state index is 10.6. The SMILES string of the molecule is O=C(O)c1ccc(CCC2CC2)s1. The minimum atomic E-state index is -0.803. The smallest absolute Gasteiger partial charge is 0.345 e. The largest absolute Gasteiger partial charge is 0.477 e. The van der Waals surface area contributed by atoms with Gasteiger partial charge in [0.15, 0.2) is 0 Å². The van der Waals surface area contributed by atoms with E-state index in [4.69, 9.17) is 5.11 Å². The number of carbonyl (C=O) groups is 1. The molecule has 0 amide bonds. The third kappa shape index (κ3) is 2.31. The van der Waals surface area contributed by atoms with Gasteiger partial charge >= 0.3 is 5.97 Å². The number of aryl methyl sites for hydroxylation is 1. The zero-order chi connectivity index (χ0) is 9.26. The van der Waals surface area contributed by atoms with Crippen molar-refractivity contribution in [2.45, 2.75) is 25.7 Å². The Kier molecular flexibility index (Phi) is 2.36. The van der Waals surface area contributed by atoms with Crippen molar-refractivity contribution in [2.24, 2.45) is 5.92 Å². The van der Waals surface area contributed by atoms with Crippen molar-refractivity contribution >= 4 is 17.3 Å². The maximum absolute atomic E-state index is 10.6. The van der Waals surface area contributed by atoms with Gasteiger partial charge in [-0.3, -0.25) is 0 Å². The van der Waals surface area contributed by atoms with Crippen molar-refractivity contribution in [1.82, 2.24) is 0 Å². The van der Waals surface area contributed by atoms with Gasteiger partial charge in [-0.25, -0.2) is 4.79 Å². The van der Waals surface area contributed by atoms with E-state index in [9.17, 15) is 4.79 Å². The molecule has 0 atom stereocenters. The molecule has 13 heavy (non-hydrogen) atoms. The molecule has 0 saturated heterocycles. The van der Waals surface area contributed by atoms with Crippen LogP contribution in [0.25, 0.3) is 0 Å². The molecule has 1 N–H and O–H groups in total. The number of rotatable bonds is 4. The van der Waals surface area contributed by atoms with E-state index < -0.39 is 5.97 Å². The van der Waals surface area contributed by atoms with Crippen molar-refractivity contribution in [2.75, 3.05) is 0 Å².